The fraction of sp³-hybridized carbons (Fsp3) is 0.600. The molecule has 1 aromatic carbocycles. The van der Waals surface area contributed by atoms with Crippen molar-refractivity contribution in [3.05, 3.63) is 29.8 Å². The van der Waals surface area contributed by atoms with Crippen molar-refractivity contribution in [2.75, 3.05) is 19.6 Å². The molecule has 1 N–H and O–H groups in total. The van der Waals surface area contributed by atoms with Crippen LogP contribution in [0.3, 0.4) is 0 Å². The van der Waals surface area contributed by atoms with E-state index in [1.165, 1.54) is 0 Å². The lowest BCUT2D eigenvalue weighted by atomic mass is 10.0. The Morgan fingerprint density at radius 1 is 1.35 bits per heavy atom. The SMILES string of the molecule is CCN(C1CCNC1)C(C)c1ccc(OC(F)F)cc1. The summed E-state index contributed by atoms with van der Waals surface area (Å²) < 4.78 is 28.6. The summed E-state index contributed by atoms with van der Waals surface area (Å²) in [4.78, 5) is 2.45. The first-order valence-electron chi connectivity index (χ1n) is 7.13. The first-order chi connectivity index (χ1) is 9.61. The monoisotopic (exact) mass is 284 g/mol. The minimum Gasteiger partial charge on any atom is -0.435 e. The van der Waals surface area contributed by atoms with Gasteiger partial charge in [0.15, 0.2) is 0 Å². The number of hydrogen-bond donors (Lipinski definition) is 1. The molecule has 0 radical (unpaired) electrons. The third-order valence-corrected chi connectivity index (χ3v) is 3.95. The summed E-state index contributed by atoms with van der Waals surface area (Å²) in [5.74, 6) is 0.210. The molecule has 2 rings (SSSR count). The van der Waals surface area contributed by atoms with Gasteiger partial charge >= 0.3 is 6.61 Å². The highest BCUT2D eigenvalue weighted by atomic mass is 19.3. The standard InChI is InChI=1S/C15H22F2N2O/c1-3-19(13-8-9-18-10-13)11(2)12-4-6-14(7-5-12)20-15(16)17/h4-7,11,13,15,18H,3,8-10H2,1-2H3. The Morgan fingerprint density at radius 2 is 2.05 bits per heavy atom. The second kappa shape index (κ2) is 6.99. The number of halogens is 2. The normalized spacial score (nSPS) is 20.6. The lowest BCUT2D eigenvalue weighted by Gasteiger charge is -2.33. The van der Waals surface area contributed by atoms with E-state index in [0.29, 0.717) is 6.04 Å². The molecule has 1 fully saturated rings. The minimum atomic E-state index is -2.77. The van der Waals surface area contributed by atoms with E-state index in [2.05, 4.69) is 28.8 Å². The molecule has 2 unspecified atom stereocenters. The van der Waals surface area contributed by atoms with Crippen molar-refractivity contribution in [2.24, 2.45) is 0 Å². The summed E-state index contributed by atoms with van der Waals surface area (Å²) in [7, 11) is 0. The fourth-order valence-electron chi connectivity index (χ4n) is 2.89. The highest BCUT2D eigenvalue weighted by Gasteiger charge is 2.25. The van der Waals surface area contributed by atoms with Gasteiger partial charge in [0.05, 0.1) is 0 Å². The van der Waals surface area contributed by atoms with Gasteiger partial charge in [0, 0.05) is 18.6 Å². The molecule has 0 amide bonds. The molecule has 1 heterocycles. The van der Waals surface area contributed by atoms with Crippen LogP contribution < -0.4 is 10.1 Å². The molecule has 5 heteroatoms. The summed E-state index contributed by atoms with van der Waals surface area (Å²) in [6.45, 7) is 4.60. The van der Waals surface area contributed by atoms with E-state index in [-0.39, 0.29) is 11.8 Å². The second-order valence-corrected chi connectivity index (χ2v) is 5.10. The Labute approximate surface area is 118 Å². The maximum atomic E-state index is 12.1. The number of nitrogens with zero attached hydrogens (tertiary/aromatic N) is 1. The van der Waals surface area contributed by atoms with Crippen LogP contribution in [0.5, 0.6) is 5.75 Å². The number of hydrogen-bond acceptors (Lipinski definition) is 3. The third-order valence-electron chi connectivity index (χ3n) is 3.95. The quantitative estimate of drug-likeness (QED) is 0.869. The van der Waals surface area contributed by atoms with Gasteiger partial charge in [-0.25, -0.2) is 0 Å². The highest BCUT2D eigenvalue weighted by molar-refractivity contribution is 5.29. The van der Waals surface area contributed by atoms with Gasteiger partial charge in [-0.3, -0.25) is 4.90 Å². The minimum absolute atomic E-state index is 0.210. The van der Waals surface area contributed by atoms with Crippen molar-refractivity contribution in [1.29, 1.82) is 0 Å². The first-order valence-corrected chi connectivity index (χ1v) is 7.13. The van der Waals surface area contributed by atoms with Crippen LogP contribution in [0.2, 0.25) is 0 Å². The van der Waals surface area contributed by atoms with Gasteiger partial charge in [-0.05, 0) is 44.1 Å². The van der Waals surface area contributed by atoms with Crippen molar-refractivity contribution < 1.29 is 13.5 Å². The van der Waals surface area contributed by atoms with E-state index in [9.17, 15) is 8.78 Å². The van der Waals surface area contributed by atoms with Crippen molar-refractivity contribution in [2.45, 2.75) is 39.0 Å². The Morgan fingerprint density at radius 3 is 2.55 bits per heavy atom. The van der Waals surface area contributed by atoms with Crippen LogP contribution in [-0.2, 0) is 0 Å². The molecule has 2 atom stereocenters. The summed E-state index contributed by atoms with van der Waals surface area (Å²) in [6, 6.07) is 7.77. The molecular formula is C15H22F2N2O. The van der Waals surface area contributed by atoms with Crippen LogP contribution in [-0.4, -0.2) is 37.2 Å². The maximum Gasteiger partial charge on any atom is 0.387 e. The Bertz CT molecular complexity index is 405. The lowest BCUT2D eigenvalue weighted by Crippen LogP contribution is -2.38. The van der Waals surface area contributed by atoms with Crippen LogP contribution in [0.1, 0.15) is 31.9 Å². The maximum absolute atomic E-state index is 12.1. The molecule has 112 valence electrons. The van der Waals surface area contributed by atoms with Crippen molar-refractivity contribution in [1.82, 2.24) is 10.2 Å². The van der Waals surface area contributed by atoms with Gasteiger partial charge in [0.1, 0.15) is 5.75 Å². The van der Waals surface area contributed by atoms with Crippen LogP contribution in [0.15, 0.2) is 24.3 Å². The molecule has 0 aromatic heterocycles. The van der Waals surface area contributed by atoms with Crippen molar-refractivity contribution in [3.8, 4) is 5.75 Å². The van der Waals surface area contributed by atoms with Gasteiger partial charge in [-0.2, -0.15) is 8.78 Å². The van der Waals surface area contributed by atoms with Gasteiger partial charge in [0.25, 0.3) is 0 Å². The third kappa shape index (κ3) is 3.67. The van der Waals surface area contributed by atoms with Gasteiger partial charge < -0.3 is 10.1 Å². The molecule has 20 heavy (non-hydrogen) atoms. The van der Waals surface area contributed by atoms with E-state index >= 15 is 0 Å². The summed E-state index contributed by atoms with van der Waals surface area (Å²) in [6.07, 6.45) is 1.16. The van der Waals surface area contributed by atoms with E-state index in [1.54, 1.807) is 12.1 Å². The molecular weight excluding hydrogens is 262 g/mol. The Kier molecular flexibility index (Phi) is 5.31. The first kappa shape index (κ1) is 15.2. The molecule has 0 spiro atoms. The van der Waals surface area contributed by atoms with Crippen LogP contribution in [0, 0.1) is 0 Å². The van der Waals surface area contributed by atoms with Crippen molar-refractivity contribution >= 4 is 0 Å². The zero-order valence-corrected chi connectivity index (χ0v) is 12.0. The fourth-order valence-corrected chi connectivity index (χ4v) is 2.89. The molecule has 0 saturated carbocycles. The Hall–Kier alpha value is -1.20. The van der Waals surface area contributed by atoms with E-state index in [1.807, 2.05) is 12.1 Å². The predicted octanol–water partition coefficient (Wildman–Crippen LogP) is 3.03. The molecule has 1 aromatic rings. The number of nitrogens with one attached hydrogen (secondary N) is 1. The predicted molar refractivity (Wildman–Crippen MR) is 75.1 cm³/mol. The smallest absolute Gasteiger partial charge is 0.387 e. The van der Waals surface area contributed by atoms with Gasteiger partial charge in [0.2, 0.25) is 0 Å². The number of alkyl halides is 2. The van der Waals surface area contributed by atoms with Gasteiger partial charge in [-0.15, -0.1) is 0 Å². The zero-order chi connectivity index (χ0) is 14.5. The number of likely N-dealkylation sites (N-methyl/N-ethyl adjacent to an activating group) is 1. The lowest BCUT2D eigenvalue weighted by molar-refractivity contribution is -0.0498. The molecule has 0 bridgehead atoms. The summed E-state index contributed by atoms with van der Waals surface area (Å²) in [5.41, 5.74) is 1.13. The zero-order valence-electron chi connectivity index (χ0n) is 12.0. The number of benzene rings is 1. The molecule has 3 nitrogen and oxygen atoms in total. The summed E-state index contributed by atoms with van der Waals surface area (Å²) >= 11 is 0. The van der Waals surface area contributed by atoms with E-state index in [0.717, 1.165) is 31.6 Å². The number of ether oxygens (including phenoxy) is 1. The van der Waals surface area contributed by atoms with Crippen LogP contribution in [0.4, 0.5) is 8.78 Å². The molecule has 1 aliphatic rings. The van der Waals surface area contributed by atoms with Gasteiger partial charge in [-0.1, -0.05) is 19.1 Å². The largest absolute Gasteiger partial charge is 0.435 e. The Balaban J connectivity index is 2.04. The van der Waals surface area contributed by atoms with E-state index in [4.69, 9.17) is 0 Å². The molecule has 1 aliphatic heterocycles. The molecule has 0 aliphatic carbocycles. The number of rotatable bonds is 6. The van der Waals surface area contributed by atoms with Crippen LogP contribution in [0.25, 0.3) is 0 Å². The highest BCUT2D eigenvalue weighted by Crippen LogP contribution is 2.26. The second-order valence-electron chi connectivity index (χ2n) is 5.10. The molecule has 1 saturated heterocycles. The van der Waals surface area contributed by atoms with Crippen molar-refractivity contribution in [3.63, 3.8) is 0 Å². The summed E-state index contributed by atoms with van der Waals surface area (Å²) in [5, 5.41) is 3.38. The van der Waals surface area contributed by atoms with Crippen LogP contribution >= 0.6 is 0 Å². The average molecular weight is 284 g/mol. The average Bonchev–Trinajstić information content (AvgIpc) is 2.93. The van der Waals surface area contributed by atoms with E-state index < -0.39 is 6.61 Å². The topological polar surface area (TPSA) is 24.5 Å².